The van der Waals surface area contributed by atoms with E-state index in [-0.39, 0.29) is 11.2 Å². The molecule has 0 spiro atoms. The van der Waals surface area contributed by atoms with Gasteiger partial charge in [-0.1, -0.05) is 12.1 Å². The number of aromatic hydroxyl groups is 1. The van der Waals surface area contributed by atoms with Crippen LogP contribution in [0.1, 0.15) is 0 Å². The average molecular weight is 127 g/mol. The number of nitrogen functional groups attached to an aromatic ring is 1. The van der Waals surface area contributed by atoms with Crippen LogP contribution in [0, 0.1) is 0 Å². The number of hydrogen-bond acceptors (Lipinski definition) is 2. The second kappa shape index (κ2) is 2.94. The van der Waals surface area contributed by atoms with Crippen molar-refractivity contribution in [2.45, 2.75) is 0 Å². The Balaban J connectivity index is 0.000000640. The summed E-state index contributed by atoms with van der Waals surface area (Å²) in [7, 11) is 0. The lowest BCUT2D eigenvalue weighted by molar-refractivity contribution is 0.478. The molecule has 0 aliphatic heterocycles. The van der Waals surface area contributed by atoms with E-state index in [0.29, 0.717) is 5.69 Å². The molecule has 1 aromatic carbocycles. The van der Waals surface area contributed by atoms with Crippen LogP contribution in [0.5, 0.6) is 5.75 Å². The molecule has 0 aliphatic carbocycles. The third-order valence-corrected chi connectivity index (χ3v) is 0.937. The van der Waals surface area contributed by atoms with Gasteiger partial charge < -0.3 is 16.3 Å². The molecule has 0 saturated heterocycles. The van der Waals surface area contributed by atoms with Gasteiger partial charge in [0.2, 0.25) is 0 Å². The predicted octanol–water partition coefficient (Wildman–Crippen LogP) is 0.150. The van der Waals surface area contributed by atoms with E-state index >= 15 is 0 Å². The summed E-state index contributed by atoms with van der Waals surface area (Å²) in [5, 5.41) is 8.79. The van der Waals surface area contributed by atoms with Crippen molar-refractivity contribution in [2.75, 3.05) is 5.73 Å². The van der Waals surface area contributed by atoms with E-state index < -0.39 is 0 Å². The van der Waals surface area contributed by atoms with E-state index in [2.05, 4.69) is 0 Å². The molecular formula is C6H9NO2. The SMILES string of the molecule is Nc1ccccc1O.O. The molecule has 0 heterocycles. The lowest BCUT2D eigenvalue weighted by atomic mass is 10.3. The Morgan fingerprint density at radius 2 is 1.78 bits per heavy atom. The van der Waals surface area contributed by atoms with Crippen molar-refractivity contribution < 1.29 is 10.6 Å². The van der Waals surface area contributed by atoms with Gasteiger partial charge in [0.1, 0.15) is 5.75 Å². The molecule has 3 nitrogen and oxygen atoms in total. The molecular weight excluding hydrogens is 118 g/mol. The zero-order chi connectivity index (χ0) is 5.98. The van der Waals surface area contributed by atoms with Crippen molar-refractivity contribution in [2.24, 2.45) is 0 Å². The number of hydrogen-bond donors (Lipinski definition) is 2. The Hall–Kier alpha value is -1.22. The summed E-state index contributed by atoms with van der Waals surface area (Å²) in [5.41, 5.74) is 5.69. The highest BCUT2D eigenvalue weighted by molar-refractivity contribution is 5.50. The van der Waals surface area contributed by atoms with Crippen molar-refractivity contribution >= 4 is 5.69 Å². The molecule has 0 fully saturated rings. The van der Waals surface area contributed by atoms with E-state index in [9.17, 15) is 0 Å². The van der Waals surface area contributed by atoms with Crippen LogP contribution in [0.15, 0.2) is 24.3 Å². The van der Waals surface area contributed by atoms with Crippen LogP contribution < -0.4 is 5.73 Å². The number of anilines is 1. The molecule has 0 saturated carbocycles. The van der Waals surface area contributed by atoms with Crippen LogP contribution >= 0.6 is 0 Å². The van der Waals surface area contributed by atoms with Gasteiger partial charge in [0, 0.05) is 0 Å². The van der Waals surface area contributed by atoms with Gasteiger partial charge in [-0.25, -0.2) is 0 Å². The molecule has 1 rings (SSSR count). The number of benzene rings is 1. The molecule has 0 unspecified atom stereocenters. The molecule has 0 amide bonds. The maximum absolute atomic E-state index is 8.79. The smallest absolute Gasteiger partial charge is 0.138 e. The molecule has 0 aromatic heterocycles. The van der Waals surface area contributed by atoms with Gasteiger partial charge in [-0.05, 0) is 12.1 Å². The molecule has 0 bridgehead atoms. The minimum absolute atomic E-state index is 0. The van der Waals surface area contributed by atoms with Gasteiger partial charge in [0.25, 0.3) is 0 Å². The zero-order valence-corrected chi connectivity index (χ0v) is 4.83. The first-order valence-electron chi connectivity index (χ1n) is 2.34. The number of nitrogens with two attached hydrogens (primary N) is 1. The molecule has 50 valence electrons. The predicted molar refractivity (Wildman–Crippen MR) is 36.1 cm³/mol. The minimum atomic E-state index is 0. The third-order valence-electron chi connectivity index (χ3n) is 0.937. The van der Waals surface area contributed by atoms with Crippen LogP contribution in [-0.2, 0) is 0 Å². The molecule has 1 aromatic rings. The Morgan fingerprint density at radius 3 is 2.11 bits per heavy atom. The lowest BCUT2D eigenvalue weighted by Gasteiger charge is -1.92. The Morgan fingerprint density at radius 1 is 1.22 bits per heavy atom. The Labute approximate surface area is 53.0 Å². The average Bonchev–Trinajstić information content (AvgIpc) is 1.77. The van der Waals surface area contributed by atoms with Crippen LogP contribution in [-0.4, -0.2) is 10.6 Å². The van der Waals surface area contributed by atoms with Crippen LogP contribution in [0.4, 0.5) is 5.69 Å². The van der Waals surface area contributed by atoms with Crippen LogP contribution in [0.2, 0.25) is 0 Å². The summed E-state index contributed by atoms with van der Waals surface area (Å²) < 4.78 is 0. The molecule has 9 heavy (non-hydrogen) atoms. The van der Waals surface area contributed by atoms with Gasteiger partial charge in [0.15, 0.2) is 0 Å². The molecule has 0 radical (unpaired) electrons. The highest BCUT2D eigenvalue weighted by Crippen LogP contribution is 2.16. The fourth-order valence-electron chi connectivity index (χ4n) is 0.488. The lowest BCUT2D eigenvalue weighted by Crippen LogP contribution is -1.82. The van der Waals surface area contributed by atoms with E-state index in [4.69, 9.17) is 10.8 Å². The topological polar surface area (TPSA) is 77.8 Å². The van der Waals surface area contributed by atoms with Crippen molar-refractivity contribution in [3.05, 3.63) is 24.3 Å². The summed E-state index contributed by atoms with van der Waals surface area (Å²) in [6, 6.07) is 6.70. The molecule has 3 heteroatoms. The first-order valence-corrected chi connectivity index (χ1v) is 2.34. The van der Waals surface area contributed by atoms with E-state index in [1.54, 1.807) is 24.3 Å². The van der Waals surface area contributed by atoms with Crippen LogP contribution in [0.3, 0.4) is 0 Å². The summed E-state index contributed by atoms with van der Waals surface area (Å²) in [6.45, 7) is 0. The van der Waals surface area contributed by atoms with Gasteiger partial charge >= 0.3 is 0 Å². The Bertz CT molecular complexity index is 167. The van der Waals surface area contributed by atoms with E-state index in [1.165, 1.54) is 0 Å². The van der Waals surface area contributed by atoms with Crippen LogP contribution in [0.25, 0.3) is 0 Å². The molecule has 0 atom stereocenters. The Kier molecular flexibility index (Phi) is 2.54. The standard InChI is InChI=1S/C6H7NO.H2O/c7-5-3-1-2-4-6(5)8;/h1-4,8H,7H2;1H2. The fraction of sp³-hybridized carbons (Fsp3) is 0. The monoisotopic (exact) mass is 127 g/mol. The summed E-state index contributed by atoms with van der Waals surface area (Å²) >= 11 is 0. The highest BCUT2D eigenvalue weighted by Gasteiger charge is 1.87. The van der Waals surface area contributed by atoms with E-state index in [0.717, 1.165) is 0 Å². The van der Waals surface area contributed by atoms with Crippen molar-refractivity contribution in [1.29, 1.82) is 0 Å². The van der Waals surface area contributed by atoms with Gasteiger partial charge in [-0.15, -0.1) is 0 Å². The first-order chi connectivity index (χ1) is 3.80. The zero-order valence-electron chi connectivity index (χ0n) is 4.83. The summed E-state index contributed by atoms with van der Waals surface area (Å²) in [5.74, 6) is 0.146. The van der Waals surface area contributed by atoms with Crippen molar-refractivity contribution in [3.63, 3.8) is 0 Å². The number of phenols is 1. The second-order valence-electron chi connectivity index (χ2n) is 1.56. The van der Waals surface area contributed by atoms with Gasteiger partial charge in [-0.2, -0.15) is 0 Å². The molecule has 0 aliphatic rings. The normalized spacial score (nSPS) is 8.00. The highest BCUT2D eigenvalue weighted by atomic mass is 16.3. The number of para-hydroxylation sites is 2. The summed E-state index contributed by atoms with van der Waals surface area (Å²) in [4.78, 5) is 0. The third kappa shape index (κ3) is 1.62. The number of rotatable bonds is 0. The van der Waals surface area contributed by atoms with Crippen molar-refractivity contribution in [1.82, 2.24) is 0 Å². The van der Waals surface area contributed by atoms with Crippen molar-refractivity contribution in [3.8, 4) is 5.75 Å². The van der Waals surface area contributed by atoms with Gasteiger partial charge in [-0.3, -0.25) is 0 Å². The number of phenolic OH excluding ortho intramolecular Hbond substituents is 1. The maximum atomic E-state index is 8.79. The fourth-order valence-corrected chi connectivity index (χ4v) is 0.488. The first kappa shape index (κ1) is 7.78. The second-order valence-corrected chi connectivity index (χ2v) is 1.56. The quantitative estimate of drug-likeness (QED) is 0.384. The largest absolute Gasteiger partial charge is 0.506 e. The maximum Gasteiger partial charge on any atom is 0.138 e. The molecule has 5 N–H and O–H groups in total. The van der Waals surface area contributed by atoms with E-state index in [1.807, 2.05) is 0 Å². The van der Waals surface area contributed by atoms with Gasteiger partial charge in [0.05, 0.1) is 5.69 Å². The minimum Gasteiger partial charge on any atom is -0.506 e. The summed E-state index contributed by atoms with van der Waals surface area (Å²) in [6.07, 6.45) is 0.